The predicted molar refractivity (Wildman–Crippen MR) is 134 cm³/mol. The standard InChI is InChI=1S/C26H20Cl2N2O5/c1-2-34-20-10-8-19(9-11-20)30-25(32)21(24(31)29-26(30)33)13-17-12-18(27)14-22(28)23(17)35-15-16-6-4-3-5-7-16/h3-14H,2,15H2,1H3,(H,29,31,33)/b21-13+. The van der Waals surface area contributed by atoms with Crippen LogP contribution in [0.25, 0.3) is 6.08 Å². The third-order valence-electron chi connectivity index (χ3n) is 5.07. The van der Waals surface area contributed by atoms with Crippen LogP contribution in [0.3, 0.4) is 0 Å². The largest absolute Gasteiger partial charge is 0.494 e. The van der Waals surface area contributed by atoms with Gasteiger partial charge in [0, 0.05) is 10.6 Å². The number of nitrogens with one attached hydrogen (secondary N) is 1. The molecule has 1 aliphatic rings. The smallest absolute Gasteiger partial charge is 0.335 e. The minimum Gasteiger partial charge on any atom is -0.494 e. The molecule has 0 saturated carbocycles. The van der Waals surface area contributed by atoms with E-state index in [2.05, 4.69) is 5.32 Å². The van der Waals surface area contributed by atoms with E-state index >= 15 is 0 Å². The number of hydrogen-bond donors (Lipinski definition) is 1. The van der Waals surface area contributed by atoms with E-state index in [1.54, 1.807) is 24.3 Å². The number of imide groups is 2. The van der Waals surface area contributed by atoms with Crippen molar-refractivity contribution in [2.24, 2.45) is 0 Å². The molecule has 0 aliphatic carbocycles. The van der Waals surface area contributed by atoms with Gasteiger partial charge in [-0.15, -0.1) is 0 Å². The fourth-order valence-corrected chi connectivity index (χ4v) is 4.04. The molecule has 1 heterocycles. The first kappa shape index (κ1) is 24.3. The van der Waals surface area contributed by atoms with Gasteiger partial charge in [-0.1, -0.05) is 53.5 Å². The fourth-order valence-electron chi connectivity index (χ4n) is 3.48. The molecule has 4 amide bonds. The Morgan fingerprint density at radius 2 is 1.66 bits per heavy atom. The van der Waals surface area contributed by atoms with Crippen molar-refractivity contribution in [1.82, 2.24) is 5.32 Å². The molecule has 1 fully saturated rings. The molecule has 9 heteroatoms. The van der Waals surface area contributed by atoms with Gasteiger partial charge in [-0.05, 0) is 55.0 Å². The van der Waals surface area contributed by atoms with Gasteiger partial charge in [0.25, 0.3) is 11.8 Å². The maximum Gasteiger partial charge on any atom is 0.335 e. The highest BCUT2D eigenvalue weighted by Crippen LogP contribution is 2.35. The molecule has 3 aromatic rings. The Kier molecular flexibility index (Phi) is 7.39. The van der Waals surface area contributed by atoms with Crippen LogP contribution in [0.4, 0.5) is 10.5 Å². The number of barbiturate groups is 1. The van der Waals surface area contributed by atoms with Crippen molar-refractivity contribution in [3.63, 3.8) is 0 Å². The molecule has 0 bridgehead atoms. The summed E-state index contributed by atoms with van der Waals surface area (Å²) in [6, 6.07) is 18.0. The average molecular weight is 511 g/mol. The fraction of sp³-hybridized carbons (Fsp3) is 0.115. The summed E-state index contributed by atoms with van der Waals surface area (Å²) in [4.78, 5) is 39.3. The number of halogens is 2. The number of anilines is 1. The van der Waals surface area contributed by atoms with Gasteiger partial charge in [0.05, 0.1) is 17.3 Å². The van der Waals surface area contributed by atoms with Crippen molar-refractivity contribution < 1.29 is 23.9 Å². The zero-order valence-corrected chi connectivity index (χ0v) is 20.1. The van der Waals surface area contributed by atoms with Crippen molar-refractivity contribution in [1.29, 1.82) is 0 Å². The lowest BCUT2D eigenvalue weighted by atomic mass is 10.1. The quantitative estimate of drug-likeness (QED) is 0.328. The summed E-state index contributed by atoms with van der Waals surface area (Å²) in [6.45, 7) is 2.52. The van der Waals surface area contributed by atoms with Crippen molar-refractivity contribution in [2.75, 3.05) is 11.5 Å². The maximum absolute atomic E-state index is 13.3. The number of carbonyl (C=O) groups excluding carboxylic acids is 3. The van der Waals surface area contributed by atoms with Gasteiger partial charge >= 0.3 is 6.03 Å². The topological polar surface area (TPSA) is 84.9 Å². The molecular weight excluding hydrogens is 491 g/mol. The summed E-state index contributed by atoms with van der Waals surface area (Å²) >= 11 is 12.6. The molecule has 4 rings (SSSR count). The van der Waals surface area contributed by atoms with E-state index in [-0.39, 0.29) is 33.7 Å². The van der Waals surface area contributed by atoms with Crippen LogP contribution in [0.5, 0.6) is 11.5 Å². The van der Waals surface area contributed by atoms with Gasteiger partial charge in [-0.25, -0.2) is 9.69 Å². The van der Waals surface area contributed by atoms with E-state index in [4.69, 9.17) is 32.7 Å². The van der Waals surface area contributed by atoms with E-state index in [0.29, 0.717) is 17.9 Å². The summed E-state index contributed by atoms with van der Waals surface area (Å²) in [6.07, 6.45) is 1.31. The Morgan fingerprint density at radius 3 is 2.34 bits per heavy atom. The first-order chi connectivity index (χ1) is 16.9. The SMILES string of the molecule is CCOc1ccc(N2C(=O)NC(=O)/C(=C\c3cc(Cl)cc(Cl)c3OCc3ccccc3)C2=O)cc1. The summed E-state index contributed by atoms with van der Waals surface area (Å²) < 4.78 is 11.3. The summed E-state index contributed by atoms with van der Waals surface area (Å²) in [7, 11) is 0. The van der Waals surface area contributed by atoms with Crippen molar-refractivity contribution in [2.45, 2.75) is 13.5 Å². The van der Waals surface area contributed by atoms with Gasteiger partial charge in [0.1, 0.15) is 23.7 Å². The number of amides is 4. The predicted octanol–water partition coefficient (Wildman–Crippen LogP) is 5.64. The number of nitrogens with zero attached hydrogens (tertiary/aromatic N) is 1. The Labute approximate surface area is 211 Å². The van der Waals surface area contributed by atoms with Crippen LogP contribution in [-0.4, -0.2) is 24.5 Å². The van der Waals surface area contributed by atoms with Gasteiger partial charge in [0.2, 0.25) is 0 Å². The van der Waals surface area contributed by atoms with E-state index in [1.807, 2.05) is 37.3 Å². The molecule has 1 N–H and O–H groups in total. The highest BCUT2D eigenvalue weighted by molar-refractivity contribution is 6.40. The van der Waals surface area contributed by atoms with Crippen LogP contribution in [0.1, 0.15) is 18.1 Å². The van der Waals surface area contributed by atoms with Crippen LogP contribution in [0, 0.1) is 0 Å². The van der Waals surface area contributed by atoms with Crippen LogP contribution in [-0.2, 0) is 16.2 Å². The number of urea groups is 1. The average Bonchev–Trinajstić information content (AvgIpc) is 2.83. The number of rotatable bonds is 7. The second kappa shape index (κ2) is 10.6. The second-order valence-electron chi connectivity index (χ2n) is 7.47. The van der Waals surface area contributed by atoms with Crippen LogP contribution in [0.15, 0.2) is 72.3 Å². The van der Waals surface area contributed by atoms with Gasteiger partial charge in [-0.3, -0.25) is 14.9 Å². The molecule has 0 atom stereocenters. The lowest BCUT2D eigenvalue weighted by molar-refractivity contribution is -0.122. The minimum atomic E-state index is -0.856. The zero-order valence-electron chi connectivity index (χ0n) is 18.6. The van der Waals surface area contributed by atoms with Gasteiger partial charge in [-0.2, -0.15) is 0 Å². The molecule has 1 aliphatic heterocycles. The number of carbonyl (C=O) groups is 3. The molecule has 1 saturated heterocycles. The first-order valence-electron chi connectivity index (χ1n) is 10.7. The molecule has 0 aromatic heterocycles. The van der Waals surface area contributed by atoms with Gasteiger partial charge < -0.3 is 9.47 Å². The van der Waals surface area contributed by atoms with E-state index in [9.17, 15) is 14.4 Å². The Balaban J connectivity index is 1.68. The molecule has 35 heavy (non-hydrogen) atoms. The van der Waals surface area contributed by atoms with Crippen molar-refractivity contribution in [3.05, 3.63) is 93.5 Å². The molecule has 178 valence electrons. The van der Waals surface area contributed by atoms with Crippen LogP contribution < -0.4 is 19.7 Å². The molecule has 0 unspecified atom stereocenters. The highest BCUT2D eigenvalue weighted by atomic mass is 35.5. The minimum absolute atomic E-state index is 0.204. The molecule has 0 radical (unpaired) electrons. The van der Waals surface area contributed by atoms with Gasteiger partial charge in [0.15, 0.2) is 0 Å². The Hall–Kier alpha value is -3.81. The Morgan fingerprint density at radius 1 is 0.943 bits per heavy atom. The summed E-state index contributed by atoms with van der Waals surface area (Å²) in [5.74, 6) is -0.806. The van der Waals surface area contributed by atoms with Crippen molar-refractivity contribution >= 4 is 52.8 Å². The number of hydrogen-bond acceptors (Lipinski definition) is 5. The highest BCUT2D eigenvalue weighted by Gasteiger charge is 2.37. The normalized spacial score (nSPS) is 14.8. The van der Waals surface area contributed by atoms with E-state index < -0.39 is 17.8 Å². The third-order valence-corrected chi connectivity index (χ3v) is 5.57. The zero-order chi connectivity index (χ0) is 24.9. The van der Waals surface area contributed by atoms with E-state index in [1.165, 1.54) is 18.2 Å². The Bertz CT molecular complexity index is 1310. The van der Waals surface area contributed by atoms with Crippen molar-refractivity contribution in [3.8, 4) is 11.5 Å². The summed E-state index contributed by atoms with van der Waals surface area (Å²) in [5, 5.41) is 2.70. The lowest BCUT2D eigenvalue weighted by Gasteiger charge is -2.26. The first-order valence-corrected chi connectivity index (χ1v) is 11.4. The van der Waals surface area contributed by atoms with Crippen LogP contribution in [0.2, 0.25) is 10.0 Å². The molecule has 7 nitrogen and oxygen atoms in total. The number of ether oxygens (including phenoxy) is 2. The lowest BCUT2D eigenvalue weighted by Crippen LogP contribution is -2.54. The maximum atomic E-state index is 13.3. The second-order valence-corrected chi connectivity index (χ2v) is 8.31. The molecular formula is C26H20Cl2N2O5. The van der Waals surface area contributed by atoms with E-state index in [0.717, 1.165) is 10.5 Å². The monoisotopic (exact) mass is 510 g/mol. The number of benzene rings is 3. The van der Waals surface area contributed by atoms with Crippen LogP contribution >= 0.6 is 23.2 Å². The summed E-state index contributed by atoms with van der Waals surface area (Å²) in [5.41, 5.74) is 1.22. The molecule has 3 aromatic carbocycles. The third kappa shape index (κ3) is 5.48. The molecule has 0 spiro atoms.